The van der Waals surface area contributed by atoms with Gasteiger partial charge in [-0.15, -0.1) is 0 Å². The lowest BCUT2D eigenvalue weighted by Gasteiger charge is -2.34. The highest BCUT2D eigenvalue weighted by Crippen LogP contribution is 2.46. The van der Waals surface area contributed by atoms with E-state index in [1.54, 1.807) is 6.08 Å². The molecule has 1 heterocycles. The lowest BCUT2D eigenvalue weighted by atomic mass is 9.93. The fraction of sp³-hybridized carbons (Fsp3) is 0.281. The summed E-state index contributed by atoms with van der Waals surface area (Å²) in [6.07, 6.45) is 2.84. The topological polar surface area (TPSA) is 197 Å². The van der Waals surface area contributed by atoms with Crippen LogP contribution in [0.4, 0.5) is 0 Å². The minimum Gasteiger partial charge on any atom is -0.508 e. The zero-order chi connectivity index (χ0) is 31.6. The molecule has 2 atom stereocenters. The molecule has 0 aromatic heterocycles. The maximum atomic E-state index is 13.6. The van der Waals surface area contributed by atoms with Gasteiger partial charge in [-0.25, -0.2) is 4.79 Å². The highest BCUT2D eigenvalue weighted by Gasteiger charge is 2.38. The van der Waals surface area contributed by atoms with Gasteiger partial charge in [0.25, 0.3) is 0 Å². The van der Waals surface area contributed by atoms with Crippen molar-refractivity contribution in [3.05, 3.63) is 75.9 Å². The third-order valence-electron chi connectivity index (χ3n) is 7.17. The molecule has 0 amide bonds. The molecule has 4 rings (SSSR count). The number of carbonyl (C=O) groups excluding carboxylic acids is 1. The van der Waals surface area contributed by atoms with Crippen molar-refractivity contribution in [3.63, 3.8) is 0 Å². The van der Waals surface area contributed by atoms with E-state index in [4.69, 9.17) is 9.47 Å². The summed E-state index contributed by atoms with van der Waals surface area (Å²) in [5, 5.41) is 81.5. The number of carbonyl (C=O) groups is 1. The lowest BCUT2D eigenvalue weighted by Crippen LogP contribution is -2.35. The Labute approximate surface area is 247 Å². The quantitative estimate of drug-likeness (QED) is 0.0935. The fourth-order valence-electron chi connectivity index (χ4n) is 4.86. The van der Waals surface area contributed by atoms with Gasteiger partial charge < -0.3 is 50.3 Å². The predicted octanol–water partition coefficient (Wildman–Crippen LogP) is 5.47. The largest absolute Gasteiger partial charge is 0.508 e. The molecule has 0 aliphatic carbocycles. The molecular weight excluding hydrogens is 560 g/mol. The van der Waals surface area contributed by atoms with E-state index in [1.165, 1.54) is 11.6 Å². The smallest absolute Gasteiger partial charge is 0.339 e. The molecule has 3 aromatic rings. The minimum absolute atomic E-state index is 0.00299. The predicted molar refractivity (Wildman–Crippen MR) is 155 cm³/mol. The van der Waals surface area contributed by atoms with Crippen LogP contribution in [0, 0.1) is 0 Å². The van der Waals surface area contributed by atoms with Gasteiger partial charge in [-0.3, -0.25) is 0 Å². The molecule has 1 aliphatic rings. The van der Waals surface area contributed by atoms with Crippen molar-refractivity contribution in [2.45, 2.75) is 58.7 Å². The zero-order valence-electron chi connectivity index (χ0n) is 23.8. The number of fused-ring (bicyclic) bond motifs is 1. The second-order valence-electron chi connectivity index (χ2n) is 10.7. The van der Waals surface area contributed by atoms with Crippen molar-refractivity contribution < 1.29 is 55.1 Å². The van der Waals surface area contributed by atoms with Crippen LogP contribution < -0.4 is 4.74 Å². The Hall–Kier alpha value is -5.19. The van der Waals surface area contributed by atoms with Crippen LogP contribution >= 0.6 is 0 Å². The van der Waals surface area contributed by atoms with Crippen LogP contribution in [0.1, 0.15) is 66.8 Å². The molecule has 11 nitrogen and oxygen atoms in total. The molecule has 0 bridgehead atoms. The van der Waals surface area contributed by atoms with E-state index in [1.807, 2.05) is 20.8 Å². The third-order valence-corrected chi connectivity index (χ3v) is 7.17. The second kappa shape index (κ2) is 12.4. The number of ether oxygens (including phenoxy) is 2. The van der Waals surface area contributed by atoms with Crippen LogP contribution in [0.25, 0.3) is 0 Å². The van der Waals surface area contributed by atoms with Crippen LogP contribution in [0.2, 0.25) is 0 Å². The van der Waals surface area contributed by atoms with Gasteiger partial charge in [0.05, 0.1) is 5.56 Å². The number of aromatic hydroxyl groups is 8. The van der Waals surface area contributed by atoms with Gasteiger partial charge >= 0.3 is 5.97 Å². The van der Waals surface area contributed by atoms with E-state index in [0.717, 1.165) is 42.7 Å². The number of phenolic OH excluding ortho intramolecular Hbond substituents is 8. The monoisotopic (exact) mass is 594 g/mol. The Morgan fingerprint density at radius 1 is 0.837 bits per heavy atom. The first kappa shape index (κ1) is 30.8. The summed E-state index contributed by atoms with van der Waals surface area (Å²) < 4.78 is 11.7. The molecule has 0 radical (unpaired) electrons. The molecule has 0 unspecified atom stereocenters. The number of phenols is 8. The minimum atomic E-state index is -1.22. The summed E-state index contributed by atoms with van der Waals surface area (Å²) >= 11 is 0. The van der Waals surface area contributed by atoms with Gasteiger partial charge in [-0.05, 0) is 58.2 Å². The van der Waals surface area contributed by atoms with Crippen LogP contribution in [0.5, 0.6) is 51.7 Å². The standard InChI is InChI=1S/C32H34O11/c1-15(2)5-4-6-16(3)7-8-19-20(13-25(37)30(40)28(19)38)32(41)43-27-14-21-22(34)11-18(33)12-26(21)42-31(27)17-9-23(35)29(39)24(36)10-17/h5,7,9-13,27,31,33-40H,4,6,8,14H2,1-3H3/b16-7-/t27-,31-/m1/s1. The maximum absolute atomic E-state index is 13.6. The van der Waals surface area contributed by atoms with Crippen molar-refractivity contribution in [3.8, 4) is 51.7 Å². The van der Waals surface area contributed by atoms with Gasteiger partial charge in [0.1, 0.15) is 23.4 Å². The average Bonchev–Trinajstić information content (AvgIpc) is 2.93. The Kier molecular flexibility index (Phi) is 8.84. The van der Waals surface area contributed by atoms with Crippen molar-refractivity contribution in [1.82, 2.24) is 0 Å². The Balaban J connectivity index is 1.71. The second-order valence-corrected chi connectivity index (χ2v) is 10.7. The third kappa shape index (κ3) is 6.66. The van der Waals surface area contributed by atoms with Crippen LogP contribution in [-0.4, -0.2) is 52.9 Å². The number of esters is 1. The molecule has 11 heteroatoms. The van der Waals surface area contributed by atoms with Gasteiger partial charge in [-0.2, -0.15) is 0 Å². The molecule has 1 aliphatic heterocycles. The Morgan fingerprint density at radius 3 is 2.14 bits per heavy atom. The van der Waals surface area contributed by atoms with Crippen molar-refractivity contribution >= 4 is 5.97 Å². The molecule has 228 valence electrons. The molecular formula is C32H34O11. The van der Waals surface area contributed by atoms with E-state index in [9.17, 15) is 45.6 Å². The van der Waals surface area contributed by atoms with Crippen LogP contribution in [-0.2, 0) is 17.6 Å². The van der Waals surface area contributed by atoms with Crippen molar-refractivity contribution in [2.75, 3.05) is 0 Å². The van der Waals surface area contributed by atoms with Crippen LogP contribution in [0.3, 0.4) is 0 Å². The first-order valence-corrected chi connectivity index (χ1v) is 13.5. The fourth-order valence-corrected chi connectivity index (χ4v) is 4.86. The molecule has 0 saturated carbocycles. The Morgan fingerprint density at radius 2 is 1.49 bits per heavy atom. The number of hydrogen-bond donors (Lipinski definition) is 8. The molecule has 0 spiro atoms. The van der Waals surface area contributed by atoms with Gasteiger partial charge in [0, 0.05) is 35.2 Å². The number of rotatable bonds is 8. The van der Waals surface area contributed by atoms with Gasteiger partial charge in [-0.1, -0.05) is 23.3 Å². The molecule has 0 fully saturated rings. The zero-order valence-corrected chi connectivity index (χ0v) is 23.8. The normalized spacial score (nSPS) is 16.2. The molecule has 3 aromatic carbocycles. The van der Waals surface area contributed by atoms with Crippen molar-refractivity contribution in [1.29, 1.82) is 0 Å². The summed E-state index contributed by atoms with van der Waals surface area (Å²) in [5.74, 6) is -5.94. The first-order chi connectivity index (χ1) is 20.3. The molecule has 43 heavy (non-hydrogen) atoms. The SMILES string of the molecule is CC(C)=CCC/C(C)=C\Cc1c(C(=O)O[C@@H]2Cc3c(O)cc(O)cc3O[C@@H]2c2cc(O)c(O)c(O)c2)cc(O)c(O)c1O. The highest BCUT2D eigenvalue weighted by molar-refractivity contribution is 5.93. The van der Waals surface area contributed by atoms with E-state index >= 15 is 0 Å². The molecule has 0 saturated heterocycles. The van der Waals surface area contributed by atoms with E-state index < -0.39 is 52.7 Å². The number of allylic oxidation sites excluding steroid dienone is 4. The van der Waals surface area contributed by atoms with E-state index in [2.05, 4.69) is 6.08 Å². The summed E-state index contributed by atoms with van der Waals surface area (Å²) in [5.41, 5.74) is 2.19. The first-order valence-electron chi connectivity index (χ1n) is 13.5. The number of hydrogen-bond acceptors (Lipinski definition) is 11. The average molecular weight is 595 g/mol. The summed E-state index contributed by atoms with van der Waals surface area (Å²) in [6.45, 7) is 5.88. The number of benzene rings is 3. The van der Waals surface area contributed by atoms with Crippen LogP contribution in [0.15, 0.2) is 53.6 Å². The molecule has 8 N–H and O–H groups in total. The van der Waals surface area contributed by atoms with Gasteiger partial charge in [0.15, 0.2) is 34.9 Å². The summed E-state index contributed by atoms with van der Waals surface area (Å²) in [7, 11) is 0. The van der Waals surface area contributed by atoms with E-state index in [-0.39, 0.29) is 52.3 Å². The van der Waals surface area contributed by atoms with Gasteiger partial charge in [0.2, 0.25) is 5.75 Å². The highest BCUT2D eigenvalue weighted by atomic mass is 16.6. The van der Waals surface area contributed by atoms with E-state index in [0.29, 0.717) is 0 Å². The Bertz CT molecular complexity index is 1590. The maximum Gasteiger partial charge on any atom is 0.339 e. The summed E-state index contributed by atoms with van der Waals surface area (Å²) in [6, 6.07) is 5.49. The summed E-state index contributed by atoms with van der Waals surface area (Å²) in [4.78, 5) is 13.6. The lowest BCUT2D eigenvalue weighted by molar-refractivity contribution is -0.0190. The van der Waals surface area contributed by atoms with Crippen molar-refractivity contribution in [2.24, 2.45) is 0 Å².